The van der Waals surface area contributed by atoms with E-state index in [1.807, 2.05) is 27.7 Å². The van der Waals surface area contributed by atoms with Gasteiger partial charge >= 0.3 is 0 Å². The second-order valence-corrected chi connectivity index (χ2v) is 19.1. The van der Waals surface area contributed by atoms with Crippen LogP contribution in [0.25, 0.3) is 0 Å². The molecule has 3 atom stereocenters. The van der Waals surface area contributed by atoms with Crippen molar-refractivity contribution >= 4 is 55.0 Å². The number of carbonyl (C=O) groups is 3. The number of hydrogen-bond acceptors (Lipinski definition) is 10. The third-order valence-electron chi connectivity index (χ3n) is 10.8. The summed E-state index contributed by atoms with van der Waals surface area (Å²) in [4.78, 5) is 45.1. The van der Waals surface area contributed by atoms with E-state index in [1.54, 1.807) is 57.3 Å². The van der Waals surface area contributed by atoms with Gasteiger partial charge in [-0.2, -0.15) is 0 Å². The topological polar surface area (TPSA) is 227 Å². The maximum atomic E-state index is 13.8. The molecule has 0 radical (unpaired) electrons. The number of aryl methyl sites for hydroxylation is 1. The minimum atomic E-state index is -4.13. The summed E-state index contributed by atoms with van der Waals surface area (Å²) in [5.74, 6) is -2.54. The molecule has 7 N–H and O–H groups in total. The molecular weight excluding hydrogens is 783 g/mol. The molecule has 314 valence electrons. The number of nitrogens with zero attached hydrogens (tertiary/aromatic N) is 1. The number of guanidine groups is 1. The second kappa shape index (κ2) is 17.9. The quantitative estimate of drug-likeness (QED) is 0.0687. The lowest BCUT2D eigenvalue weighted by Crippen LogP contribution is -2.48. The maximum absolute atomic E-state index is 13.8. The monoisotopic (exact) mass is 837 g/mol. The van der Waals surface area contributed by atoms with Crippen molar-refractivity contribution in [2.24, 2.45) is 22.6 Å². The van der Waals surface area contributed by atoms with Gasteiger partial charge in [0.2, 0.25) is 27.8 Å². The summed E-state index contributed by atoms with van der Waals surface area (Å²) >= 11 is 0. The van der Waals surface area contributed by atoms with Gasteiger partial charge < -0.3 is 26.4 Å². The average molecular weight is 838 g/mol. The van der Waals surface area contributed by atoms with E-state index in [2.05, 4.69) is 30.4 Å². The van der Waals surface area contributed by atoms with Crippen LogP contribution in [-0.4, -0.2) is 72.2 Å². The van der Waals surface area contributed by atoms with E-state index in [0.29, 0.717) is 48.2 Å². The van der Waals surface area contributed by atoms with E-state index in [9.17, 15) is 31.2 Å². The van der Waals surface area contributed by atoms with E-state index in [0.717, 1.165) is 22.4 Å². The normalized spacial score (nSPS) is 18.2. The summed E-state index contributed by atoms with van der Waals surface area (Å²) in [7, 11) is -6.31. The lowest BCUT2D eigenvalue weighted by atomic mass is 9.90. The summed E-state index contributed by atoms with van der Waals surface area (Å²) in [6.07, 6.45) is 2.26. The van der Waals surface area contributed by atoms with Crippen LogP contribution in [-0.2, 0) is 40.9 Å². The van der Waals surface area contributed by atoms with E-state index in [4.69, 9.17) is 10.5 Å². The third-order valence-corrected chi connectivity index (χ3v) is 13.9. The zero-order valence-electron chi connectivity index (χ0n) is 34.1. The minimum Gasteiger partial charge on any atom is -0.487 e. The molecule has 1 fully saturated rings. The van der Waals surface area contributed by atoms with Crippen LogP contribution in [0.2, 0.25) is 0 Å². The molecule has 3 aromatic carbocycles. The summed E-state index contributed by atoms with van der Waals surface area (Å²) < 4.78 is 63.9. The van der Waals surface area contributed by atoms with Crippen molar-refractivity contribution in [3.8, 4) is 5.75 Å². The van der Waals surface area contributed by atoms with E-state index in [-0.39, 0.29) is 35.1 Å². The largest absolute Gasteiger partial charge is 0.487 e. The number of sulfonamides is 2. The molecule has 0 saturated heterocycles. The maximum Gasteiger partial charge on any atom is 0.264 e. The number of benzene rings is 3. The van der Waals surface area contributed by atoms with Gasteiger partial charge in [0.15, 0.2) is 5.78 Å². The van der Waals surface area contributed by atoms with Gasteiger partial charge in [0.1, 0.15) is 17.4 Å². The van der Waals surface area contributed by atoms with Crippen molar-refractivity contribution in [1.82, 2.24) is 14.8 Å². The Hall–Kier alpha value is -5.00. The standard InChI is InChI=1S/C41H55N7O8S2/c1-24-13-19-30(20-14-24)57(52,53)45-23-35(49)31-10-8-11-32(31)38(50)47-34(39(51)46-29-17-15-28(43-7)16-18-29)12-9-21-44-40(42)48-58(54,55)37-26(3)25(2)36-33(27(37)4)22-41(5,6)56-36/h13-20,31-32,34,43,45H,8-12,21-23H2,1-7H3,(H,46,51)(H,47,50)(H3,42,44,48)/t31?,32-,34+/m1/s1. The number of fused-ring (bicyclic) bond motifs is 1. The van der Waals surface area contributed by atoms with Crippen molar-refractivity contribution in [3.63, 3.8) is 0 Å². The fourth-order valence-electron chi connectivity index (χ4n) is 7.62. The zero-order chi connectivity index (χ0) is 42.6. The highest BCUT2D eigenvalue weighted by molar-refractivity contribution is 7.90. The van der Waals surface area contributed by atoms with Crippen molar-refractivity contribution in [2.45, 2.75) is 102 Å². The van der Waals surface area contributed by atoms with Crippen LogP contribution in [0.4, 0.5) is 11.4 Å². The molecule has 17 heteroatoms. The van der Waals surface area contributed by atoms with Crippen LogP contribution in [0, 0.1) is 39.5 Å². The molecule has 15 nitrogen and oxygen atoms in total. The summed E-state index contributed by atoms with van der Waals surface area (Å²) in [5, 5.41) is 8.67. The number of aliphatic imine (C=N–C) groups is 1. The van der Waals surface area contributed by atoms with Gasteiger partial charge in [-0.05, 0) is 120 Å². The molecule has 1 aliphatic heterocycles. The first-order valence-corrected chi connectivity index (χ1v) is 22.3. The van der Waals surface area contributed by atoms with Crippen molar-refractivity contribution in [2.75, 3.05) is 30.8 Å². The molecular formula is C41H55N7O8S2. The number of ether oxygens (including phenoxy) is 1. The lowest BCUT2D eigenvalue weighted by Gasteiger charge is -2.23. The smallest absolute Gasteiger partial charge is 0.264 e. The highest BCUT2D eigenvalue weighted by Gasteiger charge is 2.39. The first-order chi connectivity index (χ1) is 27.2. The van der Waals surface area contributed by atoms with E-state index >= 15 is 0 Å². The predicted octanol–water partition coefficient (Wildman–Crippen LogP) is 4.14. The summed E-state index contributed by atoms with van der Waals surface area (Å²) in [6, 6.07) is 12.2. The van der Waals surface area contributed by atoms with Crippen LogP contribution in [0.1, 0.15) is 73.8 Å². The molecule has 1 unspecified atom stereocenters. The van der Waals surface area contributed by atoms with Gasteiger partial charge in [0, 0.05) is 48.8 Å². The van der Waals surface area contributed by atoms with E-state index < -0.39 is 67.7 Å². The third kappa shape index (κ3) is 10.3. The number of Topliss-reactive ketones (excluding diaryl/α,β-unsaturated/α-hetero) is 1. The van der Waals surface area contributed by atoms with Crippen molar-refractivity contribution in [1.29, 1.82) is 0 Å². The SMILES string of the molecule is CNc1ccc(NC(=O)[C@H](CCCN=C(N)NS(=O)(=O)c2c(C)c(C)c3c(c2C)CC(C)(C)O3)NC(=O)[C@@H]2CCCC2C(=O)CNS(=O)(=O)c2ccc(C)cc2)cc1. The molecule has 2 amide bonds. The van der Waals surface area contributed by atoms with Gasteiger partial charge in [0.05, 0.1) is 16.3 Å². The van der Waals surface area contributed by atoms with Crippen LogP contribution in [0.5, 0.6) is 5.75 Å². The Morgan fingerprint density at radius 1 is 0.879 bits per heavy atom. The van der Waals surface area contributed by atoms with Crippen molar-refractivity contribution in [3.05, 3.63) is 76.3 Å². The van der Waals surface area contributed by atoms with Gasteiger partial charge in [0.25, 0.3) is 10.0 Å². The Kier molecular flexibility index (Phi) is 13.6. The number of nitrogens with two attached hydrogens (primary N) is 1. The molecule has 2 aliphatic rings. The Morgan fingerprint density at radius 3 is 2.17 bits per heavy atom. The zero-order valence-corrected chi connectivity index (χ0v) is 35.7. The Bertz CT molecular complexity index is 2290. The molecule has 1 aliphatic carbocycles. The summed E-state index contributed by atoms with van der Waals surface area (Å²) in [5.41, 5.74) is 10.6. The average Bonchev–Trinajstić information content (AvgIpc) is 3.79. The highest BCUT2D eigenvalue weighted by Crippen LogP contribution is 2.43. The van der Waals surface area contributed by atoms with Gasteiger partial charge in [-0.3, -0.25) is 19.4 Å². The van der Waals surface area contributed by atoms with Crippen LogP contribution < -0.4 is 35.9 Å². The number of amides is 2. The first-order valence-electron chi connectivity index (χ1n) is 19.4. The summed E-state index contributed by atoms with van der Waals surface area (Å²) in [6.45, 7) is 10.6. The van der Waals surface area contributed by atoms with Crippen LogP contribution >= 0.6 is 0 Å². The molecule has 5 rings (SSSR count). The molecule has 0 bridgehead atoms. The number of carbonyl (C=O) groups excluding carboxylic acids is 3. The van der Waals surface area contributed by atoms with Gasteiger partial charge in [-0.15, -0.1) is 0 Å². The van der Waals surface area contributed by atoms with Crippen LogP contribution in [0.15, 0.2) is 63.3 Å². The molecule has 0 spiro atoms. The molecule has 3 aromatic rings. The predicted molar refractivity (Wildman–Crippen MR) is 224 cm³/mol. The molecule has 1 saturated carbocycles. The first kappa shape index (κ1) is 44.1. The van der Waals surface area contributed by atoms with Crippen LogP contribution in [0.3, 0.4) is 0 Å². The minimum absolute atomic E-state index is 0.0275. The Morgan fingerprint density at radius 2 is 1.52 bits per heavy atom. The molecule has 58 heavy (non-hydrogen) atoms. The number of hydrogen-bond donors (Lipinski definition) is 6. The molecule has 1 heterocycles. The fourth-order valence-corrected chi connectivity index (χ4v) is 10.1. The van der Waals surface area contributed by atoms with Gasteiger partial charge in [-0.1, -0.05) is 24.1 Å². The highest BCUT2D eigenvalue weighted by atomic mass is 32.2. The number of nitrogens with one attached hydrogen (secondary N) is 5. The number of rotatable bonds is 16. The second-order valence-electron chi connectivity index (χ2n) is 15.7. The Balaban J connectivity index is 1.25. The van der Waals surface area contributed by atoms with Gasteiger partial charge in [-0.25, -0.2) is 26.3 Å². The fraction of sp³-hybridized carbons (Fsp3) is 0.463. The molecule has 0 aromatic heterocycles. The lowest BCUT2D eigenvalue weighted by molar-refractivity contribution is -0.133. The van der Waals surface area contributed by atoms with E-state index in [1.165, 1.54) is 12.1 Å². The van der Waals surface area contributed by atoms with Crippen molar-refractivity contribution < 1.29 is 36.0 Å². The number of ketones is 1. The number of anilines is 2. The Labute approximate surface area is 341 Å².